The fourth-order valence-corrected chi connectivity index (χ4v) is 2.59. The molecule has 0 saturated heterocycles. The fourth-order valence-electron chi connectivity index (χ4n) is 2.16. The van der Waals surface area contributed by atoms with Crippen LogP contribution in [0.25, 0.3) is 0 Å². The van der Waals surface area contributed by atoms with Crippen LogP contribution >= 0.6 is 23.2 Å². The monoisotopic (exact) mass is 366 g/mol. The van der Waals surface area contributed by atoms with Crippen molar-refractivity contribution < 1.29 is 4.92 Å². The molecule has 2 rings (SSSR count). The van der Waals surface area contributed by atoms with Crippen molar-refractivity contribution in [1.29, 1.82) is 0 Å². The highest BCUT2D eigenvalue weighted by Gasteiger charge is 2.10. The average molecular weight is 367 g/mol. The van der Waals surface area contributed by atoms with Crippen molar-refractivity contribution in [3.05, 3.63) is 56.6 Å². The van der Waals surface area contributed by atoms with Gasteiger partial charge in [-0.25, -0.2) is 0 Å². The average Bonchev–Trinajstić information content (AvgIpc) is 2.56. The highest BCUT2D eigenvalue weighted by Crippen LogP contribution is 2.33. The van der Waals surface area contributed by atoms with E-state index in [-0.39, 0.29) is 10.7 Å². The van der Waals surface area contributed by atoms with Gasteiger partial charge in [-0.1, -0.05) is 23.2 Å². The van der Waals surface area contributed by atoms with Crippen LogP contribution in [-0.4, -0.2) is 18.0 Å². The number of rotatable bonds is 6. The summed E-state index contributed by atoms with van der Waals surface area (Å²) in [5.74, 6) is 0. The molecule has 126 valence electrons. The van der Waals surface area contributed by atoms with Crippen molar-refractivity contribution in [2.24, 2.45) is 10.2 Å². The van der Waals surface area contributed by atoms with Crippen molar-refractivity contribution in [1.82, 2.24) is 0 Å². The van der Waals surface area contributed by atoms with Crippen molar-refractivity contribution >= 4 is 46.0 Å². The zero-order valence-corrected chi connectivity index (χ0v) is 14.8. The Morgan fingerprint density at radius 2 is 1.54 bits per heavy atom. The number of anilines is 1. The highest BCUT2D eigenvalue weighted by atomic mass is 35.5. The normalized spacial score (nSPS) is 11.0. The summed E-state index contributed by atoms with van der Waals surface area (Å²) in [7, 11) is 0. The van der Waals surface area contributed by atoms with Crippen LogP contribution in [0.1, 0.15) is 13.8 Å². The summed E-state index contributed by atoms with van der Waals surface area (Å²) in [6, 6.07) is 9.54. The number of hydrogen-bond donors (Lipinski definition) is 0. The lowest BCUT2D eigenvalue weighted by Gasteiger charge is -2.21. The standard InChI is InChI=1S/C16H16Cl2N4O2/c1-3-21(4-2)11-5-7-15(13(17)9-11)19-20-16-8-6-12(22(23)24)10-14(16)18/h5-10H,3-4H2,1-2H3. The van der Waals surface area contributed by atoms with Crippen LogP contribution in [0.3, 0.4) is 0 Å². The zero-order chi connectivity index (χ0) is 17.7. The van der Waals surface area contributed by atoms with E-state index in [1.54, 1.807) is 6.07 Å². The van der Waals surface area contributed by atoms with Crippen LogP contribution in [-0.2, 0) is 0 Å². The smallest absolute Gasteiger partial charge is 0.271 e. The summed E-state index contributed by atoms with van der Waals surface area (Å²) < 4.78 is 0. The quantitative estimate of drug-likeness (QED) is 0.349. The first kappa shape index (κ1) is 18.2. The second-order valence-electron chi connectivity index (χ2n) is 4.90. The Labute approximate surface area is 149 Å². The van der Waals surface area contributed by atoms with Gasteiger partial charge in [0.25, 0.3) is 5.69 Å². The number of hydrogen-bond acceptors (Lipinski definition) is 5. The van der Waals surface area contributed by atoms with E-state index >= 15 is 0 Å². The summed E-state index contributed by atoms with van der Waals surface area (Å²) in [5, 5.41) is 19.4. The Balaban J connectivity index is 2.25. The SMILES string of the molecule is CCN(CC)c1ccc(N=Nc2ccc([N+](=O)[O-])cc2Cl)c(Cl)c1. The molecule has 0 N–H and O–H groups in total. The summed E-state index contributed by atoms with van der Waals surface area (Å²) >= 11 is 12.2. The van der Waals surface area contributed by atoms with E-state index in [9.17, 15) is 10.1 Å². The number of nitro benzene ring substituents is 1. The van der Waals surface area contributed by atoms with E-state index in [1.807, 2.05) is 12.1 Å². The summed E-state index contributed by atoms with van der Waals surface area (Å²) in [4.78, 5) is 12.3. The van der Waals surface area contributed by atoms with E-state index in [2.05, 4.69) is 29.0 Å². The van der Waals surface area contributed by atoms with Gasteiger partial charge < -0.3 is 4.90 Å². The molecule has 0 atom stereocenters. The molecule has 0 aliphatic carbocycles. The first-order valence-electron chi connectivity index (χ1n) is 7.36. The molecule has 0 aliphatic rings. The Kier molecular flexibility index (Phi) is 6.11. The molecular weight excluding hydrogens is 351 g/mol. The lowest BCUT2D eigenvalue weighted by Crippen LogP contribution is -2.21. The molecule has 0 saturated carbocycles. The van der Waals surface area contributed by atoms with E-state index < -0.39 is 4.92 Å². The van der Waals surface area contributed by atoms with Crippen LogP contribution < -0.4 is 4.90 Å². The fraction of sp³-hybridized carbons (Fsp3) is 0.250. The van der Waals surface area contributed by atoms with Crippen molar-refractivity contribution in [2.75, 3.05) is 18.0 Å². The topological polar surface area (TPSA) is 71.1 Å². The Bertz CT molecular complexity index is 777. The minimum atomic E-state index is -0.518. The Morgan fingerprint density at radius 3 is 2.00 bits per heavy atom. The van der Waals surface area contributed by atoms with E-state index in [0.717, 1.165) is 18.8 Å². The molecule has 2 aromatic rings. The van der Waals surface area contributed by atoms with Gasteiger partial charge in [0, 0.05) is 30.9 Å². The highest BCUT2D eigenvalue weighted by molar-refractivity contribution is 6.33. The lowest BCUT2D eigenvalue weighted by atomic mass is 10.2. The van der Waals surface area contributed by atoms with E-state index in [0.29, 0.717) is 16.4 Å². The van der Waals surface area contributed by atoms with Gasteiger partial charge in [0.15, 0.2) is 0 Å². The summed E-state index contributed by atoms with van der Waals surface area (Å²) in [5.41, 5.74) is 1.76. The molecular formula is C16H16Cl2N4O2. The third kappa shape index (κ3) is 4.21. The molecule has 24 heavy (non-hydrogen) atoms. The predicted octanol–water partition coefficient (Wildman–Crippen LogP) is 6.16. The van der Waals surface area contributed by atoms with E-state index in [4.69, 9.17) is 23.2 Å². The van der Waals surface area contributed by atoms with Crippen LogP contribution in [0.2, 0.25) is 10.0 Å². The van der Waals surface area contributed by atoms with Crippen molar-refractivity contribution in [2.45, 2.75) is 13.8 Å². The number of non-ortho nitro benzene ring substituents is 1. The minimum absolute atomic E-state index is 0.0967. The third-order valence-electron chi connectivity index (χ3n) is 3.47. The molecule has 6 nitrogen and oxygen atoms in total. The van der Waals surface area contributed by atoms with Crippen LogP contribution in [0.4, 0.5) is 22.7 Å². The summed E-state index contributed by atoms with van der Waals surface area (Å²) in [6.07, 6.45) is 0. The van der Waals surface area contributed by atoms with Crippen LogP contribution in [0.15, 0.2) is 46.6 Å². The molecule has 0 aromatic heterocycles. The van der Waals surface area contributed by atoms with Gasteiger partial charge >= 0.3 is 0 Å². The van der Waals surface area contributed by atoms with Gasteiger partial charge in [0.1, 0.15) is 11.4 Å². The van der Waals surface area contributed by atoms with Crippen molar-refractivity contribution in [3.8, 4) is 0 Å². The lowest BCUT2D eigenvalue weighted by molar-refractivity contribution is -0.384. The molecule has 0 unspecified atom stereocenters. The first-order valence-corrected chi connectivity index (χ1v) is 8.12. The van der Waals surface area contributed by atoms with Crippen LogP contribution in [0.5, 0.6) is 0 Å². The third-order valence-corrected chi connectivity index (χ3v) is 4.07. The molecule has 0 spiro atoms. The minimum Gasteiger partial charge on any atom is -0.372 e. The molecule has 2 aromatic carbocycles. The number of nitro groups is 1. The summed E-state index contributed by atoms with van der Waals surface area (Å²) in [6.45, 7) is 5.90. The van der Waals surface area contributed by atoms with Gasteiger partial charge in [-0.05, 0) is 38.1 Å². The number of nitrogens with zero attached hydrogens (tertiary/aromatic N) is 4. The van der Waals surface area contributed by atoms with E-state index in [1.165, 1.54) is 18.2 Å². The maximum Gasteiger partial charge on any atom is 0.271 e. The van der Waals surface area contributed by atoms with Gasteiger partial charge in [0.05, 0.1) is 15.0 Å². The molecule has 0 aliphatic heterocycles. The first-order chi connectivity index (χ1) is 11.5. The second-order valence-corrected chi connectivity index (χ2v) is 5.72. The van der Waals surface area contributed by atoms with Crippen molar-refractivity contribution in [3.63, 3.8) is 0 Å². The van der Waals surface area contributed by atoms with Crippen LogP contribution in [0, 0.1) is 10.1 Å². The zero-order valence-electron chi connectivity index (χ0n) is 13.2. The molecule has 0 radical (unpaired) electrons. The molecule has 0 amide bonds. The van der Waals surface area contributed by atoms with Gasteiger partial charge in [-0.3, -0.25) is 10.1 Å². The molecule has 0 fully saturated rings. The Morgan fingerprint density at radius 1 is 1.00 bits per heavy atom. The number of halogens is 2. The van der Waals surface area contributed by atoms with Gasteiger partial charge in [0.2, 0.25) is 0 Å². The largest absolute Gasteiger partial charge is 0.372 e. The van der Waals surface area contributed by atoms with Gasteiger partial charge in [-0.15, -0.1) is 10.2 Å². The molecule has 8 heteroatoms. The maximum atomic E-state index is 10.7. The number of benzene rings is 2. The maximum absolute atomic E-state index is 10.7. The van der Waals surface area contributed by atoms with Gasteiger partial charge in [-0.2, -0.15) is 0 Å². The second kappa shape index (κ2) is 8.08. The predicted molar refractivity (Wildman–Crippen MR) is 97.3 cm³/mol. The molecule has 0 bridgehead atoms. The Hall–Kier alpha value is -2.18. The number of azo groups is 1. The molecule has 0 heterocycles.